The number of benzene rings is 2. The lowest BCUT2D eigenvalue weighted by molar-refractivity contribution is -0.143. The molecule has 1 heterocycles. The Morgan fingerprint density at radius 2 is 1.78 bits per heavy atom. The fourth-order valence-corrected chi connectivity index (χ4v) is 4.95. The van der Waals surface area contributed by atoms with Gasteiger partial charge >= 0.3 is 12.0 Å². The van der Waals surface area contributed by atoms with Crippen molar-refractivity contribution in [2.45, 2.75) is 52.4 Å². The van der Waals surface area contributed by atoms with Crippen LogP contribution in [0.1, 0.15) is 62.9 Å². The van der Waals surface area contributed by atoms with Crippen molar-refractivity contribution in [3.63, 3.8) is 0 Å². The highest BCUT2D eigenvalue weighted by atomic mass is 32.2. The summed E-state index contributed by atoms with van der Waals surface area (Å²) in [7, 11) is -2.31. The second-order valence-corrected chi connectivity index (χ2v) is 12.5. The summed E-state index contributed by atoms with van der Waals surface area (Å²) in [6.45, 7) is 7.34. The predicted octanol–water partition coefficient (Wildman–Crippen LogP) is 3.76. The SMILES string of the molecule is CCCC(=O)OCN(c1ccc(NC(=O)c2cc(N3CCC(=O)NC3=O)cc(C(C)(C)C)c2OC)cc1)S(C)(=O)=O. The maximum atomic E-state index is 13.5. The normalized spacial score (nSPS) is 13.9. The van der Waals surface area contributed by atoms with Crippen molar-refractivity contribution < 1.29 is 37.1 Å². The maximum absolute atomic E-state index is 13.5. The van der Waals surface area contributed by atoms with Crippen LogP contribution in [0.25, 0.3) is 0 Å². The van der Waals surface area contributed by atoms with Crippen molar-refractivity contribution >= 4 is 50.9 Å². The molecule has 12 nitrogen and oxygen atoms in total. The van der Waals surface area contributed by atoms with Gasteiger partial charge in [-0.25, -0.2) is 17.5 Å². The molecule has 13 heteroatoms. The number of sulfonamides is 1. The van der Waals surface area contributed by atoms with Crippen LogP contribution < -0.4 is 24.6 Å². The summed E-state index contributed by atoms with van der Waals surface area (Å²) >= 11 is 0. The minimum Gasteiger partial charge on any atom is -0.496 e. The summed E-state index contributed by atoms with van der Waals surface area (Å²) < 4.78 is 36.4. The summed E-state index contributed by atoms with van der Waals surface area (Å²) in [5.41, 5.74) is 1.43. The number of ether oxygens (including phenoxy) is 2. The zero-order valence-electron chi connectivity index (χ0n) is 24.1. The number of esters is 1. The van der Waals surface area contributed by atoms with Gasteiger partial charge in [0, 0.05) is 36.3 Å². The highest BCUT2D eigenvalue weighted by molar-refractivity contribution is 7.92. The van der Waals surface area contributed by atoms with Crippen molar-refractivity contribution in [3.05, 3.63) is 47.5 Å². The molecule has 2 N–H and O–H groups in total. The predicted molar refractivity (Wildman–Crippen MR) is 155 cm³/mol. The number of hydrogen-bond donors (Lipinski definition) is 2. The van der Waals surface area contributed by atoms with E-state index < -0.39 is 40.1 Å². The van der Waals surface area contributed by atoms with Gasteiger partial charge in [-0.1, -0.05) is 27.7 Å². The number of imide groups is 1. The van der Waals surface area contributed by atoms with Crippen LogP contribution in [0.4, 0.5) is 21.9 Å². The van der Waals surface area contributed by atoms with Crippen molar-refractivity contribution in [1.82, 2.24) is 5.32 Å². The van der Waals surface area contributed by atoms with Crippen LogP contribution in [0, 0.1) is 0 Å². The van der Waals surface area contributed by atoms with Gasteiger partial charge in [0.25, 0.3) is 5.91 Å². The lowest BCUT2D eigenvalue weighted by Crippen LogP contribution is -2.49. The Hall–Kier alpha value is -4.13. The van der Waals surface area contributed by atoms with Gasteiger partial charge in [-0.05, 0) is 48.2 Å². The summed E-state index contributed by atoms with van der Waals surface area (Å²) in [5, 5.41) is 5.08. The Labute approximate surface area is 240 Å². The third-order valence-electron chi connectivity index (χ3n) is 6.31. The van der Waals surface area contributed by atoms with Crippen LogP contribution in [-0.2, 0) is 29.8 Å². The zero-order valence-corrected chi connectivity index (χ0v) is 24.9. The highest BCUT2D eigenvalue weighted by Gasteiger charge is 2.30. The van der Waals surface area contributed by atoms with Crippen molar-refractivity contribution in [3.8, 4) is 5.75 Å². The molecule has 41 heavy (non-hydrogen) atoms. The fourth-order valence-electron chi connectivity index (χ4n) is 4.20. The van der Waals surface area contributed by atoms with Gasteiger partial charge in [0.15, 0.2) is 6.73 Å². The first-order chi connectivity index (χ1) is 19.1. The number of nitrogens with zero attached hydrogens (tertiary/aromatic N) is 2. The summed E-state index contributed by atoms with van der Waals surface area (Å²) in [5.74, 6) is -1.07. The molecule has 0 radical (unpaired) electrons. The monoisotopic (exact) mass is 588 g/mol. The molecule has 222 valence electrons. The number of carbonyl (C=O) groups excluding carboxylic acids is 4. The first-order valence-electron chi connectivity index (χ1n) is 13.0. The molecule has 0 bridgehead atoms. The summed E-state index contributed by atoms with van der Waals surface area (Å²) in [4.78, 5) is 50.9. The number of carbonyl (C=O) groups is 4. The standard InChI is InChI=1S/C28H36N4O8S/c1-7-8-24(34)40-17-32(41(6,37)38)19-11-9-18(10-12-19)29-26(35)21-15-20(31-14-13-23(33)30-27(31)36)16-22(25(21)39-5)28(2,3)4/h9-12,15-16H,7-8,13-14,17H2,1-6H3,(H,29,35)(H,30,33,36). The van der Waals surface area contributed by atoms with Crippen LogP contribution in [0.15, 0.2) is 36.4 Å². The molecule has 0 aromatic heterocycles. The average Bonchev–Trinajstić information content (AvgIpc) is 2.88. The molecule has 1 aliphatic rings. The Morgan fingerprint density at radius 1 is 1.12 bits per heavy atom. The first-order valence-corrected chi connectivity index (χ1v) is 14.9. The Bertz CT molecular complexity index is 1430. The number of methoxy groups -OCH3 is 1. The second-order valence-electron chi connectivity index (χ2n) is 10.6. The molecular weight excluding hydrogens is 552 g/mol. The number of rotatable bonds is 10. The van der Waals surface area contributed by atoms with Crippen LogP contribution in [0.3, 0.4) is 0 Å². The molecule has 0 spiro atoms. The molecule has 1 fully saturated rings. The van der Waals surface area contributed by atoms with Gasteiger partial charge < -0.3 is 14.8 Å². The van der Waals surface area contributed by atoms with Crippen molar-refractivity contribution in [2.24, 2.45) is 0 Å². The molecular formula is C28H36N4O8S. The van der Waals surface area contributed by atoms with Gasteiger partial charge in [0.1, 0.15) is 5.75 Å². The number of hydrogen-bond acceptors (Lipinski definition) is 8. The molecule has 0 aliphatic carbocycles. The molecule has 3 rings (SSSR count). The molecule has 0 saturated carbocycles. The fraction of sp³-hybridized carbons (Fsp3) is 0.429. The summed E-state index contributed by atoms with van der Waals surface area (Å²) in [6.07, 6.45) is 1.87. The maximum Gasteiger partial charge on any atom is 0.328 e. The van der Waals surface area contributed by atoms with E-state index in [1.165, 1.54) is 42.3 Å². The van der Waals surface area contributed by atoms with E-state index in [0.29, 0.717) is 29.1 Å². The first kappa shape index (κ1) is 31.4. The van der Waals surface area contributed by atoms with E-state index in [4.69, 9.17) is 9.47 Å². The van der Waals surface area contributed by atoms with Gasteiger partial charge in [0.2, 0.25) is 15.9 Å². The highest BCUT2D eigenvalue weighted by Crippen LogP contribution is 2.38. The van der Waals surface area contributed by atoms with Crippen LogP contribution >= 0.6 is 0 Å². The smallest absolute Gasteiger partial charge is 0.328 e. The van der Waals surface area contributed by atoms with E-state index in [9.17, 15) is 27.6 Å². The quantitative estimate of drug-likeness (QED) is 0.315. The van der Waals surface area contributed by atoms with E-state index in [0.717, 1.165) is 10.6 Å². The second kappa shape index (κ2) is 12.6. The van der Waals surface area contributed by atoms with Gasteiger partial charge in [-0.3, -0.25) is 24.6 Å². The molecule has 0 atom stereocenters. The van der Waals surface area contributed by atoms with E-state index >= 15 is 0 Å². The molecule has 2 aromatic carbocycles. The third kappa shape index (κ3) is 7.75. The average molecular weight is 589 g/mol. The van der Waals surface area contributed by atoms with Crippen LogP contribution in [0.5, 0.6) is 5.75 Å². The van der Waals surface area contributed by atoms with Crippen molar-refractivity contribution in [2.75, 3.05) is 41.2 Å². The van der Waals surface area contributed by atoms with Gasteiger partial charge in [-0.15, -0.1) is 0 Å². The lowest BCUT2D eigenvalue weighted by Gasteiger charge is -2.30. The lowest BCUT2D eigenvalue weighted by atomic mass is 9.84. The summed E-state index contributed by atoms with van der Waals surface area (Å²) in [6, 6.07) is 8.72. The van der Waals surface area contributed by atoms with Crippen LogP contribution in [-0.4, -0.2) is 58.9 Å². The number of nitrogens with one attached hydrogen (secondary N) is 2. The minimum atomic E-state index is -3.76. The largest absolute Gasteiger partial charge is 0.496 e. The zero-order chi connectivity index (χ0) is 30.5. The Morgan fingerprint density at radius 3 is 2.32 bits per heavy atom. The van der Waals surface area contributed by atoms with E-state index in [1.807, 2.05) is 27.7 Å². The Balaban J connectivity index is 1.92. The molecule has 1 aliphatic heterocycles. The molecule has 0 unspecified atom stereocenters. The van der Waals surface area contributed by atoms with E-state index in [2.05, 4.69) is 10.6 Å². The number of anilines is 3. The van der Waals surface area contributed by atoms with E-state index in [-0.39, 0.29) is 36.5 Å². The van der Waals surface area contributed by atoms with Gasteiger partial charge in [-0.2, -0.15) is 0 Å². The molecule has 2 aromatic rings. The molecule has 1 saturated heterocycles. The van der Waals surface area contributed by atoms with Crippen molar-refractivity contribution in [1.29, 1.82) is 0 Å². The third-order valence-corrected chi connectivity index (χ3v) is 7.42. The van der Waals surface area contributed by atoms with Crippen LogP contribution in [0.2, 0.25) is 0 Å². The Kier molecular flexibility index (Phi) is 9.64. The number of urea groups is 1. The van der Waals surface area contributed by atoms with Gasteiger partial charge in [0.05, 0.1) is 24.6 Å². The number of amides is 4. The topological polar surface area (TPSA) is 151 Å². The van der Waals surface area contributed by atoms with E-state index in [1.54, 1.807) is 6.07 Å². The molecule has 4 amide bonds. The minimum absolute atomic E-state index is 0.124.